The van der Waals surface area contributed by atoms with Crippen LogP contribution in [0.2, 0.25) is 0 Å². The summed E-state index contributed by atoms with van der Waals surface area (Å²) in [5.41, 5.74) is 1.83. The van der Waals surface area contributed by atoms with Crippen molar-refractivity contribution in [1.29, 1.82) is 0 Å². The summed E-state index contributed by atoms with van der Waals surface area (Å²) in [5, 5.41) is 5.87. The predicted octanol–water partition coefficient (Wildman–Crippen LogP) is 2.71. The van der Waals surface area contributed by atoms with Gasteiger partial charge in [-0.3, -0.25) is 4.79 Å². The second-order valence-electron chi connectivity index (χ2n) is 5.52. The fourth-order valence-electron chi connectivity index (χ4n) is 2.55. The minimum Gasteiger partial charge on any atom is -0.491 e. The lowest BCUT2D eigenvalue weighted by atomic mass is 10.1. The average molecular weight is 262 g/mol. The third-order valence-corrected chi connectivity index (χ3v) is 3.29. The highest BCUT2D eigenvalue weighted by atomic mass is 16.5. The molecular weight excluding hydrogens is 240 g/mol. The molecule has 0 radical (unpaired) electrons. The van der Waals surface area contributed by atoms with Crippen LogP contribution in [0.4, 0.5) is 5.69 Å². The Labute approximate surface area is 114 Å². The second kappa shape index (κ2) is 5.61. The number of hydrogen-bond acceptors (Lipinski definition) is 3. The Bertz CT molecular complexity index is 471. The molecule has 1 heterocycles. The Kier molecular flexibility index (Phi) is 4.10. The maximum atomic E-state index is 11.7. The van der Waals surface area contributed by atoms with E-state index in [-0.39, 0.29) is 18.1 Å². The molecule has 1 amide bonds. The Morgan fingerprint density at radius 2 is 2.11 bits per heavy atom. The normalized spacial score (nSPS) is 19.2. The first-order valence-corrected chi connectivity index (χ1v) is 6.80. The molecule has 1 aliphatic rings. The van der Waals surface area contributed by atoms with Crippen LogP contribution in [0.3, 0.4) is 0 Å². The standard InChI is InChI=1S/C15H22N2O2/c1-9(2)7-10(3)19-11-5-6-12-13(8-11)17-15(18)14(12)16-4/h5-6,8-10,14,16H,7H2,1-4H3,(H,17,18). The van der Waals surface area contributed by atoms with Gasteiger partial charge in [-0.05, 0) is 32.4 Å². The molecule has 4 heteroatoms. The zero-order valence-corrected chi connectivity index (χ0v) is 12.0. The van der Waals surface area contributed by atoms with Gasteiger partial charge in [0.25, 0.3) is 0 Å². The number of ether oxygens (including phenoxy) is 1. The molecule has 4 nitrogen and oxygen atoms in total. The number of carbonyl (C=O) groups excluding carboxylic acids is 1. The van der Waals surface area contributed by atoms with E-state index in [1.165, 1.54) is 0 Å². The fraction of sp³-hybridized carbons (Fsp3) is 0.533. The number of anilines is 1. The molecule has 1 aromatic rings. The summed E-state index contributed by atoms with van der Waals surface area (Å²) in [6, 6.07) is 5.53. The summed E-state index contributed by atoms with van der Waals surface area (Å²) >= 11 is 0. The number of carbonyl (C=O) groups is 1. The Morgan fingerprint density at radius 3 is 2.74 bits per heavy atom. The van der Waals surface area contributed by atoms with E-state index in [1.54, 1.807) is 7.05 Å². The molecule has 2 rings (SSSR count). The SMILES string of the molecule is CNC1C(=O)Nc2cc(OC(C)CC(C)C)ccc21. The summed E-state index contributed by atoms with van der Waals surface area (Å²) in [4.78, 5) is 11.7. The average Bonchev–Trinajstić information content (AvgIpc) is 2.62. The van der Waals surface area contributed by atoms with E-state index in [0.29, 0.717) is 5.92 Å². The van der Waals surface area contributed by atoms with E-state index in [9.17, 15) is 4.79 Å². The number of rotatable bonds is 5. The van der Waals surface area contributed by atoms with E-state index in [4.69, 9.17) is 4.74 Å². The molecule has 2 unspecified atom stereocenters. The van der Waals surface area contributed by atoms with Gasteiger partial charge in [0.1, 0.15) is 11.8 Å². The Balaban J connectivity index is 2.11. The van der Waals surface area contributed by atoms with Crippen molar-refractivity contribution in [2.24, 2.45) is 5.92 Å². The van der Waals surface area contributed by atoms with Crippen molar-refractivity contribution in [2.45, 2.75) is 39.3 Å². The Morgan fingerprint density at radius 1 is 1.37 bits per heavy atom. The van der Waals surface area contributed by atoms with Gasteiger partial charge in [0.2, 0.25) is 5.91 Å². The van der Waals surface area contributed by atoms with Gasteiger partial charge in [-0.15, -0.1) is 0 Å². The third kappa shape index (κ3) is 3.07. The van der Waals surface area contributed by atoms with Crippen molar-refractivity contribution < 1.29 is 9.53 Å². The fourth-order valence-corrected chi connectivity index (χ4v) is 2.55. The van der Waals surface area contributed by atoms with Gasteiger partial charge in [0.05, 0.1) is 6.10 Å². The molecular formula is C15H22N2O2. The molecule has 0 saturated carbocycles. The highest BCUT2D eigenvalue weighted by molar-refractivity contribution is 6.02. The van der Waals surface area contributed by atoms with E-state index in [0.717, 1.165) is 23.4 Å². The van der Waals surface area contributed by atoms with E-state index < -0.39 is 0 Å². The van der Waals surface area contributed by atoms with Gasteiger partial charge in [-0.2, -0.15) is 0 Å². The Hall–Kier alpha value is -1.55. The molecule has 104 valence electrons. The molecule has 19 heavy (non-hydrogen) atoms. The molecule has 2 N–H and O–H groups in total. The molecule has 0 aliphatic carbocycles. The zero-order valence-electron chi connectivity index (χ0n) is 12.0. The van der Waals surface area contributed by atoms with Crippen molar-refractivity contribution in [3.8, 4) is 5.75 Å². The van der Waals surface area contributed by atoms with Crippen LogP contribution in [0.25, 0.3) is 0 Å². The topological polar surface area (TPSA) is 50.4 Å². The van der Waals surface area contributed by atoms with Crippen molar-refractivity contribution in [1.82, 2.24) is 5.32 Å². The molecule has 0 spiro atoms. The minimum atomic E-state index is -0.253. The summed E-state index contributed by atoms with van der Waals surface area (Å²) in [5.74, 6) is 1.41. The molecule has 2 atom stereocenters. The number of nitrogens with one attached hydrogen (secondary N) is 2. The summed E-state index contributed by atoms with van der Waals surface area (Å²) in [6.45, 7) is 6.43. The van der Waals surface area contributed by atoms with E-state index in [1.807, 2.05) is 18.2 Å². The zero-order chi connectivity index (χ0) is 14.0. The summed E-state index contributed by atoms with van der Waals surface area (Å²) in [6.07, 6.45) is 1.19. The van der Waals surface area contributed by atoms with Crippen LogP contribution >= 0.6 is 0 Å². The van der Waals surface area contributed by atoms with Crippen molar-refractivity contribution >= 4 is 11.6 Å². The first-order chi connectivity index (χ1) is 9.01. The third-order valence-electron chi connectivity index (χ3n) is 3.29. The molecule has 1 aliphatic heterocycles. The smallest absolute Gasteiger partial charge is 0.246 e. The van der Waals surface area contributed by atoms with Crippen LogP contribution in [0.1, 0.15) is 38.8 Å². The number of benzene rings is 1. The molecule has 0 fully saturated rings. The monoisotopic (exact) mass is 262 g/mol. The molecule has 1 aromatic carbocycles. The van der Waals surface area contributed by atoms with Crippen LogP contribution in [0, 0.1) is 5.92 Å². The predicted molar refractivity (Wildman–Crippen MR) is 76.4 cm³/mol. The van der Waals surface area contributed by atoms with E-state index >= 15 is 0 Å². The van der Waals surface area contributed by atoms with Crippen LogP contribution in [-0.2, 0) is 4.79 Å². The first kappa shape index (κ1) is 13.9. The highest BCUT2D eigenvalue weighted by Gasteiger charge is 2.29. The number of amides is 1. The van der Waals surface area contributed by atoms with Crippen LogP contribution in [0.5, 0.6) is 5.75 Å². The van der Waals surface area contributed by atoms with Crippen LogP contribution in [-0.4, -0.2) is 19.1 Å². The quantitative estimate of drug-likeness (QED) is 0.858. The second-order valence-corrected chi connectivity index (χ2v) is 5.52. The lowest BCUT2D eigenvalue weighted by Gasteiger charge is -2.17. The van der Waals surface area contributed by atoms with Crippen LogP contribution in [0.15, 0.2) is 18.2 Å². The van der Waals surface area contributed by atoms with Crippen molar-refractivity contribution in [2.75, 3.05) is 12.4 Å². The maximum Gasteiger partial charge on any atom is 0.246 e. The van der Waals surface area contributed by atoms with Gasteiger partial charge in [0.15, 0.2) is 0 Å². The minimum absolute atomic E-state index is 0.00937. The maximum absolute atomic E-state index is 11.7. The summed E-state index contributed by atoms with van der Waals surface area (Å²) < 4.78 is 5.88. The van der Waals surface area contributed by atoms with E-state index in [2.05, 4.69) is 31.4 Å². The van der Waals surface area contributed by atoms with Gasteiger partial charge in [0, 0.05) is 17.3 Å². The van der Waals surface area contributed by atoms with Crippen LogP contribution < -0.4 is 15.4 Å². The summed E-state index contributed by atoms with van der Waals surface area (Å²) in [7, 11) is 1.79. The number of hydrogen-bond donors (Lipinski definition) is 2. The molecule has 0 aromatic heterocycles. The molecule has 0 bridgehead atoms. The lowest BCUT2D eigenvalue weighted by Crippen LogP contribution is -2.23. The van der Waals surface area contributed by atoms with Gasteiger partial charge in [-0.25, -0.2) is 0 Å². The van der Waals surface area contributed by atoms with Gasteiger partial charge < -0.3 is 15.4 Å². The van der Waals surface area contributed by atoms with Crippen molar-refractivity contribution in [3.05, 3.63) is 23.8 Å². The van der Waals surface area contributed by atoms with Crippen molar-refractivity contribution in [3.63, 3.8) is 0 Å². The first-order valence-electron chi connectivity index (χ1n) is 6.80. The van der Waals surface area contributed by atoms with Gasteiger partial charge in [-0.1, -0.05) is 19.9 Å². The number of fused-ring (bicyclic) bond motifs is 1. The highest BCUT2D eigenvalue weighted by Crippen LogP contribution is 2.33. The number of likely N-dealkylation sites (N-methyl/N-ethyl adjacent to an activating group) is 1. The largest absolute Gasteiger partial charge is 0.491 e. The molecule has 0 saturated heterocycles. The lowest BCUT2D eigenvalue weighted by molar-refractivity contribution is -0.117. The van der Waals surface area contributed by atoms with Gasteiger partial charge >= 0.3 is 0 Å².